The van der Waals surface area contributed by atoms with Gasteiger partial charge in [-0.05, 0) is 85.3 Å². The highest BCUT2D eigenvalue weighted by Gasteiger charge is 2.23. The van der Waals surface area contributed by atoms with Crippen LogP contribution in [0.2, 0.25) is 0 Å². The zero-order valence-corrected chi connectivity index (χ0v) is 29.6. The molecule has 4 rings (SSSR count). The van der Waals surface area contributed by atoms with Gasteiger partial charge in [-0.15, -0.1) is 22.7 Å². The van der Waals surface area contributed by atoms with Gasteiger partial charge in [0.15, 0.2) is 12.2 Å². The van der Waals surface area contributed by atoms with Gasteiger partial charge in [-0.25, -0.2) is 29.1 Å². The molecule has 2 unspecified atom stereocenters. The normalized spacial score (nSPS) is 11.8. The van der Waals surface area contributed by atoms with E-state index in [1.54, 1.807) is 10.8 Å². The van der Waals surface area contributed by atoms with Crippen molar-refractivity contribution in [2.24, 2.45) is 0 Å². The highest BCUT2D eigenvalue weighted by atomic mass is 32.1. The Hall–Kier alpha value is -5.34. The number of aromatic nitrogens is 2. The summed E-state index contributed by atoms with van der Waals surface area (Å²) in [6.45, 7) is 13.9. The molecule has 2 atom stereocenters. The largest absolute Gasteiger partial charge is 0.489 e. The van der Waals surface area contributed by atoms with E-state index in [1.807, 2.05) is 52.0 Å². The van der Waals surface area contributed by atoms with Crippen LogP contribution in [0.5, 0.6) is 11.5 Å². The lowest BCUT2D eigenvalue weighted by molar-refractivity contribution is -0.147. The maximum Gasteiger partial charge on any atom is 0.367 e. The molecule has 0 bridgehead atoms. The van der Waals surface area contributed by atoms with Crippen LogP contribution < -0.4 is 9.47 Å². The maximum atomic E-state index is 12.5. The van der Waals surface area contributed by atoms with Crippen molar-refractivity contribution in [1.29, 1.82) is 0 Å². The summed E-state index contributed by atoms with van der Waals surface area (Å²) < 4.78 is 33.5. The van der Waals surface area contributed by atoms with Gasteiger partial charge in [0, 0.05) is 35.3 Å². The van der Waals surface area contributed by atoms with Crippen molar-refractivity contribution in [2.45, 2.75) is 39.9 Å². The molecule has 0 N–H and O–H groups in total. The van der Waals surface area contributed by atoms with Gasteiger partial charge < -0.3 is 28.4 Å². The van der Waals surface area contributed by atoms with Gasteiger partial charge in [0.25, 0.3) is 0 Å². The summed E-state index contributed by atoms with van der Waals surface area (Å²) in [5.74, 6) is -1.39. The predicted octanol–water partition coefficient (Wildman–Crippen LogP) is 6.17. The molecular formula is C36H36N2O10S2. The first kappa shape index (κ1) is 37.5. The van der Waals surface area contributed by atoms with Crippen LogP contribution in [0.1, 0.15) is 41.9 Å². The molecule has 50 heavy (non-hydrogen) atoms. The minimum atomic E-state index is -0.892. The van der Waals surface area contributed by atoms with E-state index in [4.69, 9.17) is 28.4 Å². The molecule has 2 heterocycles. The van der Waals surface area contributed by atoms with Gasteiger partial charge in [0.2, 0.25) is 10.0 Å². The molecule has 262 valence electrons. The molecule has 2 aromatic heterocycles. The molecule has 0 saturated carbocycles. The fourth-order valence-electron chi connectivity index (χ4n) is 4.80. The van der Waals surface area contributed by atoms with E-state index in [0.29, 0.717) is 11.5 Å². The number of carbonyl (C=O) groups is 4. The second kappa shape index (κ2) is 17.9. The van der Waals surface area contributed by atoms with Crippen molar-refractivity contribution < 1.29 is 47.6 Å². The van der Waals surface area contributed by atoms with Gasteiger partial charge in [0.05, 0.1) is 0 Å². The van der Waals surface area contributed by atoms with E-state index in [1.165, 1.54) is 12.4 Å². The Bertz CT molecular complexity index is 1790. The Morgan fingerprint density at radius 2 is 1.08 bits per heavy atom. The molecule has 0 amide bonds. The third kappa shape index (κ3) is 10.3. The lowest BCUT2D eigenvalue weighted by Crippen LogP contribution is -2.31. The number of hydrogen-bond acceptors (Lipinski definition) is 14. The summed E-state index contributed by atoms with van der Waals surface area (Å²) in [6.07, 6.45) is 3.27. The summed E-state index contributed by atoms with van der Waals surface area (Å²) >= 11 is 2.28. The first-order valence-corrected chi connectivity index (χ1v) is 17.0. The molecule has 4 aromatic rings. The third-order valence-electron chi connectivity index (χ3n) is 7.00. The van der Waals surface area contributed by atoms with E-state index in [0.717, 1.165) is 68.2 Å². The highest BCUT2D eigenvalue weighted by Crippen LogP contribution is 2.34. The number of carbonyl (C=O) groups excluding carboxylic acids is 4. The van der Waals surface area contributed by atoms with E-state index >= 15 is 0 Å². The van der Waals surface area contributed by atoms with Crippen molar-refractivity contribution in [3.8, 4) is 22.6 Å². The minimum absolute atomic E-state index is 0.0665. The van der Waals surface area contributed by atoms with E-state index in [2.05, 4.69) is 23.1 Å². The average molecular weight is 721 g/mol. The first-order chi connectivity index (χ1) is 24.0. The Kier molecular flexibility index (Phi) is 13.4. The number of ether oxygens (including phenoxy) is 6. The first-order valence-electron chi connectivity index (χ1n) is 15.3. The topological polar surface area (TPSA) is 149 Å². The van der Waals surface area contributed by atoms with Crippen LogP contribution in [-0.2, 0) is 28.5 Å². The lowest BCUT2D eigenvalue weighted by Gasteiger charge is -2.21. The number of nitrogens with zero attached hydrogens (tertiary/aromatic N) is 2. The molecular weight excluding hydrogens is 685 g/mol. The number of thiazole rings is 2. The standard InChI is InChI=1S/C36H36N2O10S2/c1-7-29(39)43-17-28(48-36(42)34-38-10-12-50-34)19-45-32-23(5)15-26(16-24(32)6)25-13-21(3)31(22(4)14-25)44-18-27(47-30(40)8-2)20-46-35(41)33-37-9-11-49-33/h7-16,27-28H,1-2,17-20H2,3-6H3. The van der Waals surface area contributed by atoms with Gasteiger partial charge in [-0.2, -0.15) is 0 Å². The van der Waals surface area contributed by atoms with Crippen LogP contribution in [0.4, 0.5) is 0 Å². The summed E-state index contributed by atoms with van der Waals surface area (Å²) in [6, 6.07) is 7.92. The van der Waals surface area contributed by atoms with Crippen LogP contribution in [0, 0.1) is 27.7 Å². The Labute approximate surface area is 297 Å². The molecule has 0 aliphatic rings. The number of rotatable bonds is 17. The van der Waals surface area contributed by atoms with E-state index in [9.17, 15) is 19.2 Å². The molecule has 0 spiro atoms. The quantitative estimate of drug-likeness (QED) is 0.0698. The molecule has 0 aliphatic heterocycles. The van der Waals surface area contributed by atoms with Crippen LogP contribution in [0.3, 0.4) is 0 Å². The van der Waals surface area contributed by atoms with Crippen molar-refractivity contribution >= 4 is 46.6 Å². The van der Waals surface area contributed by atoms with Crippen LogP contribution >= 0.6 is 22.7 Å². The SMILES string of the molecule is C=CC(=O)OCC(COc1c(C)cc(-c2cc(C)c(OCC(COC(=O)c3nccs3)OC(=O)C=C)c(C)c2)cc1C)OC(=O)c1nccs1. The number of benzene rings is 2. The minimum Gasteiger partial charge on any atom is -0.489 e. The van der Waals surface area contributed by atoms with Crippen molar-refractivity contribution in [2.75, 3.05) is 26.4 Å². The van der Waals surface area contributed by atoms with E-state index in [-0.39, 0.29) is 36.4 Å². The third-order valence-corrected chi connectivity index (χ3v) is 8.50. The Morgan fingerprint density at radius 3 is 1.52 bits per heavy atom. The summed E-state index contributed by atoms with van der Waals surface area (Å²) in [4.78, 5) is 56.3. The van der Waals surface area contributed by atoms with Crippen molar-refractivity contribution in [3.05, 3.63) is 105 Å². The lowest BCUT2D eigenvalue weighted by atomic mass is 9.96. The van der Waals surface area contributed by atoms with Gasteiger partial charge >= 0.3 is 23.9 Å². The van der Waals surface area contributed by atoms with Gasteiger partial charge in [-0.3, -0.25) is 0 Å². The molecule has 14 heteroatoms. The van der Waals surface area contributed by atoms with Gasteiger partial charge in [-0.1, -0.05) is 13.2 Å². The smallest absolute Gasteiger partial charge is 0.367 e. The van der Waals surface area contributed by atoms with Crippen LogP contribution in [0.25, 0.3) is 11.1 Å². The number of aryl methyl sites for hydroxylation is 4. The monoisotopic (exact) mass is 720 g/mol. The summed E-state index contributed by atoms with van der Waals surface area (Å²) in [5, 5.41) is 3.68. The number of esters is 4. The fourth-order valence-corrected chi connectivity index (χ4v) is 5.85. The van der Waals surface area contributed by atoms with Crippen molar-refractivity contribution in [3.63, 3.8) is 0 Å². The maximum absolute atomic E-state index is 12.5. The Balaban J connectivity index is 1.44. The average Bonchev–Trinajstić information content (AvgIpc) is 3.84. The fraction of sp³-hybridized carbons (Fsp3) is 0.278. The van der Waals surface area contributed by atoms with Crippen LogP contribution in [-0.4, -0.2) is 72.5 Å². The van der Waals surface area contributed by atoms with E-state index < -0.39 is 36.1 Å². The molecule has 2 aromatic carbocycles. The van der Waals surface area contributed by atoms with Crippen molar-refractivity contribution in [1.82, 2.24) is 9.97 Å². The van der Waals surface area contributed by atoms with Gasteiger partial charge in [0.1, 0.15) is 37.9 Å². The van der Waals surface area contributed by atoms with Crippen LogP contribution in [0.15, 0.2) is 72.7 Å². The summed E-state index contributed by atoms with van der Waals surface area (Å²) in [7, 11) is 0. The second-order valence-corrected chi connectivity index (χ2v) is 12.7. The Morgan fingerprint density at radius 1 is 0.640 bits per heavy atom. The predicted molar refractivity (Wildman–Crippen MR) is 187 cm³/mol. The molecule has 0 saturated heterocycles. The molecule has 0 fully saturated rings. The molecule has 12 nitrogen and oxygen atoms in total. The zero-order chi connectivity index (χ0) is 36.2. The molecule has 0 radical (unpaired) electrons. The summed E-state index contributed by atoms with van der Waals surface area (Å²) in [5.41, 5.74) is 5.21. The second-order valence-electron chi connectivity index (χ2n) is 10.9. The highest BCUT2D eigenvalue weighted by molar-refractivity contribution is 7.11. The zero-order valence-electron chi connectivity index (χ0n) is 28.0. The molecule has 0 aliphatic carbocycles. The number of hydrogen-bond donors (Lipinski definition) is 0.